The van der Waals surface area contributed by atoms with Crippen molar-refractivity contribution in [3.05, 3.63) is 29.8 Å². The second-order valence-electron chi connectivity index (χ2n) is 5.16. The first-order valence-corrected chi connectivity index (χ1v) is 7.34. The van der Waals surface area contributed by atoms with Crippen molar-refractivity contribution in [3.8, 4) is 5.75 Å². The van der Waals surface area contributed by atoms with E-state index in [4.69, 9.17) is 10.5 Å². The molecule has 0 aromatic heterocycles. The summed E-state index contributed by atoms with van der Waals surface area (Å²) in [5, 5.41) is 0. The first kappa shape index (κ1) is 16.3. The molecule has 1 aromatic carbocycles. The molecule has 1 rings (SSSR count). The molecule has 20 heavy (non-hydrogen) atoms. The van der Waals surface area contributed by atoms with Crippen molar-refractivity contribution < 1.29 is 4.74 Å². The van der Waals surface area contributed by atoms with Gasteiger partial charge in [-0.1, -0.05) is 32.0 Å². The summed E-state index contributed by atoms with van der Waals surface area (Å²) < 4.78 is 5.82. The molecule has 0 saturated carbocycles. The molecule has 0 unspecified atom stereocenters. The fraction of sp³-hybridized carbons (Fsp3) is 0.562. The van der Waals surface area contributed by atoms with E-state index in [-0.39, 0.29) is 0 Å². The molecule has 0 radical (unpaired) electrons. The molecule has 0 aliphatic heterocycles. The number of guanidine groups is 1. The van der Waals surface area contributed by atoms with E-state index >= 15 is 0 Å². The minimum Gasteiger partial charge on any atom is -0.493 e. The molecule has 0 aliphatic rings. The topological polar surface area (TPSA) is 50.8 Å². The lowest BCUT2D eigenvalue weighted by atomic mass is 10.2. The van der Waals surface area contributed by atoms with E-state index < -0.39 is 0 Å². The van der Waals surface area contributed by atoms with E-state index in [0.29, 0.717) is 25.0 Å². The molecule has 0 amide bonds. The standard InChI is InChI=1S/C16H27N3O/c1-5-19(6-2)16(17)18-11-14-9-7-8-10-15(14)20-12-13(3)4/h7-10,13H,5-6,11-12H2,1-4H3,(H2,17,18). The maximum absolute atomic E-state index is 5.99. The predicted molar refractivity (Wildman–Crippen MR) is 85.0 cm³/mol. The largest absolute Gasteiger partial charge is 0.493 e. The summed E-state index contributed by atoms with van der Waals surface area (Å²) in [6.45, 7) is 11.4. The van der Waals surface area contributed by atoms with Gasteiger partial charge >= 0.3 is 0 Å². The molecule has 0 atom stereocenters. The maximum atomic E-state index is 5.99. The number of ether oxygens (including phenoxy) is 1. The highest BCUT2D eigenvalue weighted by molar-refractivity contribution is 5.78. The van der Waals surface area contributed by atoms with Crippen molar-refractivity contribution in [2.24, 2.45) is 16.6 Å². The Bertz CT molecular complexity index is 425. The molecule has 0 bridgehead atoms. The van der Waals surface area contributed by atoms with Crippen LogP contribution < -0.4 is 10.5 Å². The van der Waals surface area contributed by atoms with Crippen LogP contribution in [0.25, 0.3) is 0 Å². The monoisotopic (exact) mass is 277 g/mol. The van der Waals surface area contributed by atoms with E-state index in [1.807, 2.05) is 29.2 Å². The summed E-state index contributed by atoms with van der Waals surface area (Å²) in [5.41, 5.74) is 7.07. The number of nitrogens with two attached hydrogens (primary N) is 1. The Morgan fingerprint density at radius 3 is 2.50 bits per heavy atom. The SMILES string of the molecule is CCN(CC)C(N)=NCc1ccccc1OCC(C)C. The molecule has 4 nitrogen and oxygen atoms in total. The Kier molecular flexibility index (Phi) is 6.91. The number of hydrogen-bond donors (Lipinski definition) is 1. The zero-order chi connectivity index (χ0) is 15.0. The fourth-order valence-corrected chi connectivity index (χ4v) is 1.85. The van der Waals surface area contributed by atoms with Gasteiger partial charge in [-0.25, -0.2) is 4.99 Å². The fourth-order valence-electron chi connectivity index (χ4n) is 1.85. The second kappa shape index (κ2) is 8.46. The molecule has 1 aromatic rings. The van der Waals surface area contributed by atoms with Crippen LogP contribution in [0.1, 0.15) is 33.3 Å². The molecule has 4 heteroatoms. The van der Waals surface area contributed by atoms with E-state index in [2.05, 4.69) is 32.7 Å². The van der Waals surface area contributed by atoms with Gasteiger partial charge in [-0.05, 0) is 25.8 Å². The quantitative estimate of drug-likeness (QED) is 0.616. The van der Waals surface area contributed by atoms with Gasteiger partial charge in [0.1, 0.15) is 5.75 Å². The molecular weight excluding hydrogens is 250 g/mol. The van der Waals surface area contributed by atoms with Gasteiger partial charge in [-0.2, -0.15) is 0 Å². The summed E-state index contributed by atoms with van der Waals surface area (Å²) in [5.74, 6) is 2.00. The molecular formula is C16H27N3O. The van der Waals surface area contributed by atoms with Gasteiger partial charge < -0.3 is 15.4 Å². The number of benzene rings is 1. The molecule has 2 N–H and O–H groups in total. The van der Waals surface area contributed by atoms with Crippen LogP contribution in [0, 0.1) is 5.92 Å². The van der Waals surface area contributed by atoms with Crippen LogP contribution in [0.5, 0.6) is 5.75 Å². The molecule has 0 saturated heterocycles. The van der Waals surface area contributed by atoms with E-state index in [9.17, 15) is 0 Å². The minimum atomic E-state index is 0.507. The first-order valence-electron chi connectivity index (χ1n) is 7.34. The average Bonchev–Trinajstić information content (AvgIpc) is 2.45. The number of rotatable bonds is 7. The first-order chi connectivity index (χ1) is 9.58. The zero-order valence-corrected chi connectivity index (χ0v) is 13.1. The van der Waals surface area contributed by atoms with Crippen LogP contribution in [0.4, 0.5) is 0 Å². The van der Waals surface area contributed by atoms with Crippen LogP contribution >= 0.6 is 0 Å². The molecule has 0 spiro atoms. The van der Waals surface area contributed by atoms with Gasteiger partial charge in [0.15, 0.2) is 5.96 Å². The lowest BCUT2D eigenvalue weighted by Gasteiger charge is -2.19. The average molecular weight is 277 g/mol. The number of hydrogen-bond acceptors (Lipinski definition) is 2. The minimum absolute atomic E-state index is 0.507. The van der Waals surface area contributed by atoms with Gasteiger partial charge in [-0.3, -0.25) is 0 Å². The summed E-state index contributed by atoms with van der Waals surface area (Å²) in [6.07, 6.45) is 0. The third-order valence-electron chi connectivity index (χ3n) is 3.04. The molecule has 112 valence electrons. The summed E-state index contributed by atoms with van der Waals surface area (Å²) in [6, 6.07) is 8.01. The van der Waals surface area contributed by atoms with E-state index in [0.717, 1.165) is 24.4 Å². The third-order valence-corrected chi connectivity index (χ3v) is 3.04. The maximum Gasteiger partial charge on any atom is 0.191 e. The van der Waals surface area contributed by atoms with Crippen LogP contribution in [0.2, 0.25) is 0 Å². The normalized spacial score (nSPS) is 11.8. The Hall–Kier alpha value is -1.71. The highest BCUT2D eigenvalue weighted by Crippen LogP contribution is 2.19. The van der Waals surface area contributed by atoms with Crippen LogP contribution in [-0.4, -0.2) is 30.6 Å². The second-order valence-corrected chi connectivity index (χ2v) is 5.16. The van der Waals surface area contributed by atoms with Crippen LogP contribution in [0.15, 0.2) is 29.3 Å². The smallest absolute Gasteiger partial charge is 0.191 e. The van der Waals surface area contributed by atoms with E-state index in [1.165, 1.54) is 0 Å². The van der Waals surface area contributed by atoms with Crippen LogP contribution in [-0.2, 0) is 6.54 Å². The van der Waals surface area contributed by atoms with Crippen LogP contribution in [0.3, 0.4) is 0 Å². The van der Waals surface area contributed by atoms with Gasteiger partial charge in [0.05, 0.1) is 13.2 Å². The van der Waals surface area contributed by atoms with Gasteiger partial charge in [-0.15, -0.1) is 0 Å². The van der Waals surface area contributed by atoms with Crippen molar-refractivity contribution in [1.29, 1.82) is 0 Å². The number of aliphatic imine (C=N–C) groups is 1. The highest BCUT2D eigenvalue weighted by Gasteiger charge is 2.06. The summed E-state index contributed by atoms with van der Waals surface area (Å²) in [7, 11) is 0. The summed E-state index contributed by atoms with van der Waals surface area (Å²) >= 11 is 0. The van der Waals surface area contributed by atoms with Crippen molar-refractivity contribution in [2.75, 3.05) is 19.7 Å². The van der Waals surface area contributed by atoms with Gasteiger partial charge in [0.2, 0.25) is 0 Å². The predicted octanol–water partition coefficient (Wildman–Crippen LogP) is 2.88. The lowest BCUT2D eigenvalue weighted by Crippen LogP contribution is -2.37. The van der Waals surface area contributed by atoms with Gasteiger partial charge in [0, 0.05) is 18.7 Å². The highest BCUT2D eigenvalue weighted by atomic mass is 16.5. The Morgan fingerprint density at radius 2 is 1.90 bits per heavy atom. The summed E-state index contributed by atoms with van der Waals surface area (Å²) in [4.78, 5) is 6.50. The van der Waals surface area contributed by atoms with Crippen molar-refractivity contribution in [2.45, 2.75) is 34.2 Å². The van der Waals surface area contributed by atoms with Crippen molar-refractivity contribution in [1.82, 2.24) is 4.90 Å². The number of nitrogens with zero attached hydrogens (tertiary/aromatic N) is 2. The van der Waals surface area contributed by atoms with E-state index in [1.54, 1.807) is 0 Å². The zero-order valence-electron chi connectivity index (χ0n) is 13.1. The molecule has 0 aliphatic carbocycles. The lowest BCUT2D eigenvalue weighted by molar-refractivity contribution is 0.268. The number of para-hydroxylation sites is 1. The Morgan fingerprint density at radius 1 is 1.25 bits per heavy atom. The third kappa shape index (κ3) is 5.11. The Balaban J connectivity index is 2.74. The molecule has 0 fully saturated rings. The Labute approximate surface area is 122 Å². The molecule has 0 heterocycles. The van der Waals surface area contributed by atoms with Crippen molar-refractivity contribution in [3.63, 3.8) is 0 Å². The van der Waals surface area contributed by atoms with Crippen molar-refractivity contribution >= 4 is 5.96 Å². The van der Waals surface area contributed by atoms with Gasteiger partial charge in [0.25, 0.3) is 0 Å².